The minimum absolute atomic E-state index is 0.346. The van der Waals surface area contributed by atoms with Gasteiger partial charge in [-0.3, -0.25) is 4.21 Å². The van der Waals surface area contributed by atoms with Crippen LogP contribution in [0.3, 0.4) is 0 Å². The maximum Gasteiger partial charge on any atom is 0.110 e. The van der Waals surface area contributed by atoms with E-state index in [2.05, 4.69) is 17.9 Å². The maximum atomic E-state index is 11.7. The summed E-state index contributed by atoms with van der Waals surface area (Å²) in [6, 6.07) is 0. The first-order valence-electron chi connectivity index (χ1n) is 4.35. The molecule has 0 saturated heterocycles. The van der Waals surface area contributed by atoms with Crippen molar-refractivity contribution in [1.29, 1.82) is 0 Å². The molecule has 0 saturated carbocycles. The summed E-state index contributed by atoms with van der Waals surface area (Å²) in [5, 5.41) is 3.09. The molecule has 1 N–H and O–H groups in total. The lowest BCUT2D eigenvalue weighted by molar-refractivity contribution is 0.690. The second kappa shape index (κ2) is 4.47. The van der Waals surface area contributed by atoms with Crippen LogP contribution in [0.25, 0.3) is 0 Å². The van der Waals surface area contributed by atoms with Crippen molar-refractivity contribution in [2.24, 2.45) is 0 Å². The molecule has 2 unspecified atom stereocenters. The largest absolute Gasteiger partial charge is 0.361 e. The Hall–Kier alpha value is -0.650. The lowest BCUT2D eigenvalue weighted by Crippen LogP contribution is -2.23. The highest BCUT2D eigenvalue weighted by atomic mass is 32.2. The number of hydrogen-bond acceptors (Lipinski definition) is 4. The molecule has 0 bridgehead atoms. The molecule has 5 heteroatoms. The highest BCUT2D eigenvalue weighted by Gasteiger charge is 2.24. The molecular weight excluding hydrogens is 246 g/mol. The Labute approximate surface area is 102 Å². The predicted octanol–water partition coefficient (Wildman–Crippen LogP) is 1.82. The number of thiocarbonyl (C=S) groups is 1. The molecule has 0 spiro atoms. The molecule has 0 fully saturated rings. The van der Waals surface area contributed by atoms with E-state index in [0.717, 1.165) is 11.3 Å². The van der Waals surface area contributed by atoms with E-state index in [0.29, 0.717) is 4.20 Å². The maximum absolute atomic E-state index is 11.7. The van der Waals surface area contributed by atoms with Crippen LogP contribution in [0.5, 0.6) is 0 Å². The summed E-state index contributed by atoms with van der Waals surface area (Å²) >= 11 is 9.27. The molecule has 2 aliphatic heterocycles. The Morgan fingerprint density at radius 3 is 2.80 bits per heavy atom. The Kier molecular flexibility index (Phi) is 3.23. The van der Waals surface area contributed by atoms with Gasteiger partial charge in [0, 0.05) is 17.5 Å². The first-order chi connectivity index (χ1) is 7.20. The third kappa shape index (κ3) is 2.14. The third-order valence-corrected chi connectivity index (χ3v) is 4.76. The fourth-order valence-electron chi connectivity index (χ4n) is 1.33. The Morgan fingerprint density at radius 2 is 2.13 bits per heavy atom. The van der Waals surface area contributed by atoms with E-state index in [9.17, 15) is 4.21 Å². The zero-order valence-electron chi connectivity index (χ0n) is 7.71. The monoisotopic (exact) mass is 255 g/mol. The number of dihydropyridines is 1. The molecule has 0 amide bonds. The number of allylic oxidation sites excluding steroid dienone is 4. The van der Waals surface area contributed by atoms with E-state index in [4.69, 9.17) is 12.2 Å². The van der Waals surface area contributed by atoms with Gasteiger partial charge in [-0.05, 0) is 18.2 Å². The molecule has 2 heterocycles. The van der Waals surface area contributed by atoms with Crippen LogP contribution < -0.4 is 5.32 Å². The predicted molar refractivity (Wildman–Crippen MR) is 71.1 cm³/mol. The lowest BCUT2D eigenvalue weighted by Gasteiger charge is -2.20. The number of nitrogens with one attached hydrogen (secondary N) is 1. The summed E-state index contributed by atoms with van der Waals surface area (Å²) in [7, 11) is -1.21. The minimum atomic E-state index is -1.21. The first kappa shape index (κ1) is 10.9. The van der Waals surface area contributed by atoms with Crippen molar-refractivity contribution in [3.05, 3.63) is 47.9 Å². The highest BCUT2D eigenvalue weighted by Crippen LogP contribution is 2.25. The summed E-state index contributed by atoms with van der Waals surface area (Å²) < 4.78 is 11.8. The van der Waals surface area contributed by atoms with Crippen molar-refractivity contribution in [2.45, 2.75) is 4.58 Å². The van der Waals surface area contributed by atoms with E-state index >= 15 is 0 Å². The fourth-order valence-corrected chi connectivity index (χ4v) is 3.32. The molecule has 0 aromatic heterocycles. The van der Waals surface area contributed by atoms with E-state index in [-0.39, 0.29) is 4.58 Å². The highest BCUT2D eigenvalue weighted by molar-refractivity contribution is 8.19. The van der Waals surface area contributed by atoms with Crippen molar-refractivity contribution < 1.29 is 4.21 Å². The SMILES string of the molecule is O=S1C(=S)C=C/C(=C2/C=CC=CN2)C1S. The van der Waals surface area contributed by atoms with Crippen LogP contribution in [0, 0.1) is 0 Å². The standard InChI is InChI=1S/C10H9NOS3/c12-15-9(13)5-4-7(10(15)14)8-3-1-2-6-11-8/h1-6,10-11,14H/b8-7+. The van der Waals surface area contributed by atoms with Crippen molar-refractivity contribution >= 4 is 39.8 Å². The van der Waals surface area contributed by atoms with Gasteiger partial charge in [-0.15, -0.1) is 0 Å². The van der Waals surface area contributed by atoms with Crippen LogP contribution in [-0.4, -0.2) is 13.0 Å². The van der Waals surface area contributed by atoms with Crippen LogP contribution in [0.1, 0.15) is 0 Å². The molecule has 2 aliphatic rings. The molecule has 0 radical (unpaired) electrons. The molecule has 78 valence electrons. The van der Waals surface area contributed by atoms with Crippen molar-refractivity contribution in [2.75, 3.05) is 0 Å². The zero-order chi connectivity index (χ0) is 10.8. The van der Waals surface area contributed by atoms with E-state index in [1.54, 1.807) is 6.08 Å². The van der Waals surface area contributed by atoms with Crippen LogP contribution in [0.4, 0.5) is 0 Å². The first-order valence-corrected chi connectivity index (χ1v) is 6.48. The van der Waals surface area contributed by atoms with Gasteiger partial charge in [-0.1, -0.05) is 24.4 Å². The lowest BCUT2D eigenvalue weighted by atomic mass is 10.1. The van der Waals surface area contributed by atoms with Crippen LogP contribution in [0.15, 0.2) is 47.9 Å². The minimum Gasteiger partial charge on any atom is -0.361 e. The van der Waals surface area contributed by atoms with E-state index < -0.39 is 10.8 Å². The summed E-state index contributed by atoms with van der Waals surface area (Å²) in [6.45, 7) is 0. The smallest absolute Gasteiger partial charge is 0.110 e. The van der Waals surface area contributed by atoms with E-state index in [1.807, 2.05) is 30.5 Å². The van der Waals surface area contributed by atoms with Gasteiger partial charge in [-0.2, -0.15) is 12.6 Å². The number of rotatable bonds is 0. The van der Waals surface area contributed by atoms with E-state index in [1.165, 1.54) is 0 Å². The molecular formula is C10H9NOS3. The third-order valence-electron chi connectivity index (χ3n) is 2.09. The summed E-state index contributed by atoms with van der Waals surface area (Å²) in [5.74, 6) is 0. The van der Waals surface area contributed by atoms with Gasteiger partial charge in [0.2, 0.25) is 0 Å². The van der Waals surface area contributed by atoms with Gasteiger partial charge in [0.05, 0.1) is 10.8 Å². The van der Waals surface area contributed by atoms with Gasteiger partial charge in [0.15, 0.2) is 0 Å². The van der Waals surface area contributed by atoms with Crippen molar-refractivity contribution in [3.63, 3.8) is 0 Å². The molecule has 0 aromatic rings. The molecule has 0 aromatic carbocycles. The average molecular weight is 255 g/mol. The molecule has 2 nitrogen and oxygen atoms in total. The van der Waals surface area contributed by atoms with Gasteiger partial charge < -0.3 is 5.32 Å². The van der Waals surface area contributed by atoms with Crippen LogP contribution in [-0.2, 0) is 10.8 Å². The van der Waals surface area contributed by atoms with Gasteiger partial charge in [-0.25, -0.2) is 0 Å². The Bertz CT molecular complexity index is 446. The molecule has 2 atom stereocenters. The average Bonchev–Trinajstić information content (AvgIpc) is 2.27. The van der Waals surface area contributed by atoms with Gasteiger partial charge in [0.25, 0.3) is 0 Å². The normalized spacial score (nSPS) is 34.3. The second-order valence-electron chi connectivity index (χ2n) is 3.03. The van der Waals surface area contributed by atoms with Crippen molar-refractivity contribution in [1.82, 2.24) is 5.32 Å². The van der Waals surface area contributed by atoms with Crippen molar-refractivity contribution in [3.8, 4) is 0 Å². The summed E-state index contributed by atoms with van der Waals surface area (Å²) in [6.07, 6.45) is 11.1. The van der Waals surface area contributed by atoms with Gasteiger partial charge in [0.1, 0.15) is 8.78 Å². The van der Waals surface area contributed by atoms with Crippen LogP contribution in [0.2, 0.25) is 0 Å². The second-order valence-corrected chi connectivity index (χ2v) is 6.10. The zero-order valence-corrected chi connectivity index (χ0v) is 10.2. The molecule has 0 aliphatic carbocycles. The topological polar surface area (TPSA) is 29.1 Å². The molecule has 15 heavy (non-hydrogen) atoms. The Morgan fingerprint density at radius 1 is 1.33 bits per heavy atom. The Balaban J connectivity index is 2.42. The van der Waals surface area contributed by atoms with Crippen LogP contribution >= 0.6 is 24.8 Å². The molecule has 2 rings (SSSR count). The number of hydrogen-bond donors (Lipinski definition) is 2. The fraction of sp³-hybridized carbons (Fsp3) is 0.100. The summed E-state index contributed by atoms with van der Waals surface area (Å²) in [5.41, 5.74) is 1.83. The quantitative estimate of drug-likeness (QED) is 0.511. The van der Waals surface area contributed by atoms with Gasteiger partial charge >= 0.3 is 0 Å². The number of thiol groups is 1. The summed E-state index contributed by atoms with van der Waals surface area (Å²) in [4.78, 5) is 0.